The van der Waals surface area contributed by atoms with Crippen molar-refractivity contribution in [2.75, 3.05) is 20.2 Å². The van der Waals surface area contributed by atoms with E-state index in [0.717, 1.165) is 6.42 Å². The van der Waals surface area contributed by atoms with Crippen LogP contribution in [0.15, 0.2) is 30.3 Å². The van der Waals surface area contributed by atoms with E-state index in [1.807, 2.05) is 37.3 Å². The fraction of sp³-hybridized carbons (Fsp3) is 0.462. The number of rotatable bonds is 6. The van der Waals surface area contributed by atoms with Crippen LogP contribution in [-0.4, -0.2) is 36.4 Å². The van der Waals surface area contributed by atoms with Gasteiger partial charge in [0.1, 0.15) is 5.75 Å². The average Bonchev–Trinajstić information content (AvgIpc) is 2.34. The lowest BCUT2D eigenvalue weighted by atomic mass is 10.3. The van der Waals surface area contributed by atoms with Crippen LogP contribution >= 0.6 is 11.6 Å². The Labute approximate surface area is 107 Å². The van der Waals surface area contributed by atoms with Crippen molar-refractivity contribution < 1.29 is 9.53 Å². The number of alkyl halides is 1. The Balaban J connectivity index is 2.29. The van der Waals surface area contributed by atoms with E-state index in [4.69, 9.17) is 16.3 Å². The zero-order valence-electron chi connectivity index (χ0n) is 10.2. The van der Waals surface area contributed by atoms with Crippen molar-refractivity contribution in [2.24, 2.45) is 0 Å². The van der Waals surface area contributed by atoms with Gasteiger partial charge in [0.25, 0.3) is 5.91 Å². The van der Waals surface area contributed by atoms with E-state index < -0.39 is 0 Å². The molecule has 0 saturated carbocycles. The molecule has 0 aromatic heterocycles. The molecule has 0 N–H and O–H groups in total. The molecule has 0 aliphatic carbocycles. The molecular formula is C13H18ClNO2. The fourth-order valence-electron chi connectivity index (χ4n) is 1.27. The van der Waals surface area contributed by atoms with Gasteiger partial charge in [-0.25, -0.2) is 0 Å². The van der Waals surface area contributed by atoms with Crippen molar-refractivity contribution in [1.29, 1.82) is 0 Å². The van der Waals surface area contributed by atoms with Gasteiger partial charge in [0, 0.05) is 19.0 Å². The molecule has 0 radical (unpaired) electrons. The Morgan fingerprint density at radius 3 is 2.65 bits per heavy atom. The first-order chi connectivity index (χ1) is 8.09. The summed E-state index contributed by atoms with van der Waals surface area (Å²) >= 11 is 5.83. The molecule has 0 saturated heterocycles. The van der Waals surface area contributed by atoms with E-state index in [0.29, 0.717) is 12.3 Å². The van der Waals surface area contributed by atoms with Crippen molar-refractivity contribution in [3.63, 3.8) is 0 Å². The highest BCUT2D eigenvalue weighted by Crippen LogP contribution is 2.08. The summed E-state index contributed by atoms with van der Waals surface area (Å²) in [7, 11) is 1.76. The van der Waals surface area contributed by atoms with E-state index >= 15 is 0 Å². The SMILES string of the molecule is CC(Cl)CCN(C)C(=O)COc1ccccc1. The predicted molar refractivity (Wildman–Crippen MR) is 69.5 cm³/mol. The zero-order valence-corrected chi connectivity index (χ0v) is 11.0. The lowest BCUT2D eigenvalue weighted by Gasteiger charge is -2.18. The molecular weight excluding hydrogens is 238 g/mol. The molecule has 1 atom stereocenters. The third-order valence-electron chi connectivity index (χ3n) is 2.39. The van der Waals surface area contributed by atoms with Crippen molar-refractivity contribution >= 4 is 17.5 Å². The second-order valence-electron chi connectivity index (χ2n) is 3.99. The van der Waals surface area contributed by atoms with Gasteiger partial charge in [0.2, 0.25) is 0 Å². The Morgan fingerprint density at radius 2 is 2.06 bits per heavy atom. The molecule has 0 spiro atoms. The summed E-state index contributed by atoms with van der Waals surface area (Å²) < 4.78 is 5.37. The largest absolute Gasteiger partial charge is 0.484 e. The van der Waals surface area contributed by atoms with Crippen LogP contribution in [0.25, 0.3) is 0 Å². The number of halogens is 1. The first kappa shape index (κ1) is 13.8. The lowest BCUT2D eigenvalue weighted by Crippen LogP contribution is -2.32. The van der Waals surface area contributed by atoms with Crippen molar-refractivity contribution in [3.8, 4) is 5.75 Å². The third-order valence-corrected chi connectivity index (χ3v) is 2.61. The summed E-state index contributed by atoms with van der Waals surface area (Å²) in [5.41, 5.74) is 0. The molecule has 0 fully saturated rings. The van der Waals surface area contributed by atoms with E-state index in [1.165, 1.54) is 0 Å². The molecule has 1 unspecified atom stereocenters. The third kappa shape index (κ3) is 5.59. The highest BCUT2D eigenvalue weighted by Gasteiger charge is 2.10. The van der Waals surface area contributed by atoms with Gasteiger partial charge < -0.3 is 9.64 Å². The quantitative estimate of drug-likeness (QED) is 0.731. The monoisotopic (exact) mass is 255 g/mol. The van der Waals surface area contributed by atoms with Crippen LogP contribution < -0.4 is 4.74 Å². The number of likely N-dealkylation sites (N-methyl/N-ethyl adjacent to an activating group) is 1. The number of para-hydroxylation sites is 1. The van der Waals surface area contributed by atoms with Gasteiger partial charge in [0.05, 0.1) is 0 Å². The normalized spacial score (nSPS) is 11.9. The van der Waals surface area contributed by atoms with Crippen LogP contribution in [-0.2, 0) is 4.79 Å². The Kier molecular flexibility index (Phi) is 5.84. The van der Waals surface area contributed by atoms with Crippen molar-refractivity contribution in [2.45, 2.75) is 18.7 Å². The molecule has 0 aliphatic rings. The average molecular weight is 256 g/mol. The summed E-state index contributed by atoms with van der Waals surface area (Å²) in [5.74, 6) is 0.672. The van der Waals surface area contributed by atoms with Crippen LogP contribution in [0, 0.1) is 0 Å². The summed E-state index contributed by atoms with van der Waals surface area (Å²) in [6, 6.07) is 9.31. The molecule has 1 rings (SSSR count). The predicted octanol–water partition coefficient (Wildman–Crippen LogP) is 2.54. The highest BCUT2D eigenvalue weighted by molar-refractivity contribution is 6.20. The molecule has 3 nitrogen and oxygen atoms in total. The number of benzene rings is 1. The zero-order chi connectivity index (χ0) is 12.7. The first-order valence-electron chi connectivity index (χ1n) is 5.65. The summed E-state index contributed by atoms with van der Waals surface area (Å²) in [6.07, 6.45) is 0.787. The molecule has 0 bridgehead atoms. The van der Waals surface area contributed by atoms with E-state index in [1.54, 1.807) is 11.9 Å². The Bertz CT molecular complexity index is 341. The minimum absolute atomic E-state index is 0.0360. The maximum atomic E-state index is 11.7. The van der Waals surface area contributed by atoms with E-state index in [9.17, 15) is 4.79 Å². The molecule has 1 amide bonds. The number of hydrogen-bond donors (Lipinski definition) is 0. The second-order valence-corrected chi connectivity index (χ2v) is 4.73. The number of carbonyl (C=O) groups excluding carboxylic acids is 1. The number of nitrogens with zero attached hydrogens (tertiary/aromatic N) is 1. The van der Waals surface area contributed by atoms with Gasteiger partial charge in [-0.3, -0.25) is 4.79 Å². The molecule has 1 aromatic rings. The van der Waals surface area contributed by atoms with Gasteiger partial charge >= 0.3 is 0 Å². The van der Waals surface area contributed by atoms with Crippen LogP contribution in [0.1, 0.15) is 13.3 Å². The van der Waals surface area contributed by atoms with Crippen LogP contribution in [0.3, 0.4) is 0 Å². The van der Waals surface area contributed by atoms with Crippen LogP contribution in [0.5, 0.6) is 5.75 Å². The summed E-state index contributed by atoms with van der Waals surface area (Å²) in [4.78, 5) is 13.3. The number of carbonyl (C=O) groups is 1. The lowest BCUT2D eigenvalue weighted by molar-refractivity contribution is -0.132. The highest BCUT2D eigenvalue weighted by atomic mass is 35.5. The van der Waals surface area contributed by atoms with Crippen LogP contribution in [0.2, 0.25) is 0 Å². The summed E-state index contributed by atoms with van der Waals surface area (Å²) in [5, 5.41) is 0.0836. The summed E-state index contributed by atoms with van der Waals surface area (Å²) in [6.45, 7) is 2.64. The first-order valence-corrected chi connectivity index (χ1v) is 6.09. The van der Waals surface area contributed by atoms with Gasteiger partial charge in [-0.1, -0.05) is 18.2 Å². The van der Waals surface area contributed by atoms with Gasteiger partial charge in [-0.15, -0.1) is 11.6 Å². The minimum Gasteiger partial charge on any atom is -0.484 e. The maximum absolute atomic E-state index is 11.7. The van der Waals surface area contributed by atoms with Gasteiger partial charge in [-0.2, -0.15) is 0 Å². The maximum Gasteiger partial charge on any atom is 0.260 e. The second kappa shape index (κ2) is 7.17. The molecule has 0 heterocycles. The van der Waals surface area contributed by atoms with Gasteiger partial charge in [0.15, 0.2) is 6.61 Å². The van der Waals surface area contributed by atoms with E-state index in [2.05, 4.69) is 0 Å². The molecule has 1 aromatic carbocycles. The fourth-order valence-corrected chi connectivity index (χ4v) is 1.37. The topological polar surface area (TPSA) is 29.5 Å². The molecule has 94 valence electrons. The van der Waals surface area contributed by atoms with Crippen LogP contribution in [0.4, 0.5) is 0 Å². The number of ether oxygens (including phenoxy) is 1. The number of hydrogen-bond acceptors (Lipinski definition) is 2. The molecule has 4 heteroatoms. The standard InChI is InChI=1S/C13H18ClNO2/c1-11(14)8-9-15(2)13(16)10-17-12-6-4-3-5-7-12/h3-7,11H,8-10H2,1-2H3. The van der Waals surface area contributed by atoms with Gasteiger partial charge in [-0.05, 0) is 25.5 Å². The van der Waals surface area contributed by atoms with Crippen molar-refractivity contribution in [1.82, 2.24) is 4.90 Å². The van der Waals surface area contributed by atoms with Crippen molar-refractivity contribution in [3.05, 3.63) is 30.3 Å². The molecule has 0 aliphatic heterocycles. The Hall–Kier alpha value is -1.22. The number of amides is 1. The Morgan fingerprint density at radius 1 is 1.41 bits per heavy atom. The minimum atomic E-state index is -0.0360. The smallest absolute Gasteiger partial charge is 0.260 e. The molecule has 17 heavy (non-hydrogen) atoms. The van der Waals surface area contributed by atoms with E-state index in [-0.39, 0.29) is 17.9 Å².